The van der Waals surface area contributed by atoms with Crippen molar-refractivity contribution in [2.24, 2.45) is 11.3 Å². The third kappa shape index (κ3) is 3.26. The van der Waals surface area contributed by atoms with Gasteiger partial charge in [-0.2, -0.15) is 0 Å². The van der Waals surface area contributed by atoms with Gasteiger partial charge in [-0.05, 0) is 46.6 Å². The zero-order valence-corrected chi connectivity index (χ0v) is 14.6. The summed E-state index contributed by atoms with van der Waals surface area (Å²) in [5, 5.41) is 7.46. The predicted molar refractivity (Wildman–Crippen MR) is 87.3 cm³/mol. The molecule has 23 heavy (non-hydrogen) atoms. The van der Waals surface area contributed by atoms with E-state index in [9.17, 15) is 8.42 Å². The molecule has 0 bridgehead atoms. The fourth-order valence-corrected chi connectivity index (χ4v) is 5.03. The fourth-order valence-electron chi connectivity index (χ4n) is 3.57. The van der Waals surface area contributed by atoms with Crippen LogP contribution < -0.4 is 4.72 Å². The maximum Gasteiger partial charge on any atom is 0.243 e. The van der Waals surface area contributed by atoms with Crippen molar-refractivity contribution < 1.29 is 13.0 Å². The van der Waals surface area contributed by atoms with Crippen LogP contribution >= 0.6 is 0 Å². The van der Waals surface area contributed by atoms with Crippen LogP contribution in [0.15, 0.2) is 27.7 Å². The van der Waals surface area contributed by atoms with Crippen LogP contribution in [0.2, 0.25) is 0 Å². The van der Waals surface area contributed by atoms with Crippen molar-refractivity contribution >= 4 is 21.1 Å². The number of hydrogen-bond donors (Lipinski definition) is 1. The number of rotatable bonds is 3. The van der Waals surface area contributed by atoms with Crippen LogP contribution in [0, 0.1) is 11.3 Å². The monoisotopic (exact) mass is 337 g/mol. The van der Waals surface area contributed by atoms with Gasteiger partial charge in [0.1, 0.15) is 10.4 Å². The van der Waals surface area contributed by atoms with E-state index in [0.29, 0.717) is 11.4 Å². The van der Waals surface area contributed by atoms with E-state index in [2.05, 4.69) is 40.4 Å². The van der Waals surface area contributed by atoms with Gasteiger partial charge in [0.25, 0.3) is 0 Å². The topological polar surface area (TPSA) is 85.1 Å². The Balaban J connectivity index is 1.92. The van der Waals surface area contributed by atoms with E-state index in [1.54, 1.807) is 18.2 Å². The van der Waals surface area contributed by atoms with Gasteiger partial charge < -0.3 is 0 Å². The molecule has 1 aliphatic carbocycles. The molecule has 0 aliphatic heterocycles. The van der Waals surface area contributed by atoms with Gasteiger partial charge in [-0.15, -0.1) is 0 Å². The summed E-state index contributed by atoms with van der Waals surface area (Å²) in [5.74, 6) is 0.320. The lowest BCUT2D eigenvalue weighted by molar-refractivity contribution is 0.144. The quantitative estimate of drug-likeness (QED) is 0.930. The number of benzene rings is 1. The van der Waals surface area contributed by atoms with Crippen LogP contribution in [-0.4, -0.2) is 24.8 Å². The molecule has 2 atom stereocenters. The molecule has 0 unspecified atom stereocenters. The Morgan fingerprint density at radius 1 is 1.17 bits per heavy atom. The van der Waals surface area contributed by atoms with Gasteiger partial charge in [-0.25, -0.2) is 17.8 Å². The first kappa shape index (κ1) is 16.4. The zero-order chi connectivity index (χ0) is 16.7. The van der Waals surface area contributed by atoms with Crippen LogP contribution in [0.3, 0.4) is 0 Å². The van der Waals surface area contributed by atoms with Crippen molar-refractivity contribution in [3.8, 4) is 0 Å². The summed E-state index contributed by atoms with van der Waals surface area (Å²) in [5.41, 5.74) is 0.793. The van der Waals surface area contributed by atoms with Gasteiger partial charge >= 0.3 is 0 Å². The summed E-state index contributed by atoms with van der Waals surface area (Å²) in [6.45, 7) is 6.52. The molecule has 1 N–H and O–H groups in total. The minimum Gasteiger partial charge on any atom is -0.243 e. The van der Waals surface area contributed by atoms with Crippen LogP contribution in [0.1, 0.15) is 46.5 Å². The molecule has 2 aromatic rings. The Kier molecular flexibility index (Phi) is 4.18. The number of nitrogens with one attached hydrogen (secondary N) is 1. The molecule has 1 heterocycles. The number of aromatic nitrogens is 2. The Hall–Kier alpha value is -1.47. The van der Waals surface area contributed by atoms with Crippen molar-refractivity contribution in [1.29, 1.82) is 0 Å². The first-order valence-corrected chi connectivity index (χ1v) is 9.51. The average molecular weight is 337 g/mol. The molecule has 0 saturated heterocycles. The Morgan fingerprint density at radius 2 is 1.91 bits per heavy atom. The third-order valence-corrected chi connectivity index (χ3v) is 6.24. The largest absolute Gasteiger partial charge is 0.243 e. The molecule has 0 spiro atoms. The minimum absolute atomic E-state index is 0.0520. The standard InChI is InChI=1S/C16H23N3O3S/c1-16(2,3)11-7-4-5-8-12(11)19-23(20,21)14-10-6-9-13-15(14)18-22-17-13/h6,9-12,19H,4-5,7-8H2,1-3H3/t11-,12-/m0/s1. The first-order chi connectivity index (χ1) is 10.8. The van der Waals surface area contributed by atoms with E-state index in [4.69, 9.17) is 0 Å². The molecule has 0 amide bonds. The van der Waals surface area contributed by atoms with Gasteiger partial charge in [0, 0.05) is 6.04 Å². The molecule has 3 rings (SSSR count). The average Bonchev–Trinajstić information content (AvgIpc) is 2.94. The van der Waals surface area contributed by atoms with Crippen LogP contribution in [0.4, 0.5) is 0 Å². The van der Waals surface area contributed by atoms with Gasteiger partial charge in [-0.3, -0.25) is 0 Å². The first-order valence-electron chi connectivity index (χ1n) is 8.03. The van der Waals surface area contributed by atoms with E-state index >= 15 is 0 Å². The second-order valence-electron chi connectivity index (χ2n) is 7.37. The number of hydrogen-bond acceptors (Lipinski definition) is 5. The molecule has 126 valence electrons. The van der Waals surface area contributed by atoms with E-state index in [1.807, 2.05) is 0 Å². The molecule has 1 aliphatic rings. The molecule has 1 saturated carbocycles. The summed E-state index contributed by atoms with van der Waals surface area (Å²) in [4.78, 5) is 0.134. The SMILES string of the molecule is CC(C)(C)[C@H]1CCCC[C@@H]1NS(=O)(=O)c1cccc2nonc12. The molecule has 1 aromatic heterocycles. The Bertz CT molecular complexity index is 792. The zero-order valence-electron chi connectivity index (χ0n) is 13.7. The lowest BCUT2D eigenvalue weighted by atomic mass is 9.70. The summed E-state index contributed by atoms with van der Waals surface area (Å²) in [6.07, 6.45) is 4.12. The highest BCUT2D eigenvalue weighted by molar-refractivity contribution is 7.89. The lowest BCUT2D eigenvalue weighted by Gasteiger charge is -2.40. The van der Waals surface area contributed by atoms with E-state index in [-0.39, 0.29) is 21.9 Å². The highest BCUT2D eigenvalue weighted by Gasteiger charge is 2.37. The minimum atomic E-state index is -3.66. The van der Waals surface area contributed by atoms with E-state index < -0.39 is 10.0 Å². The maximum atomic E-state index is 12.9. The van der Waals surface area contributed by atoms with Crippen molar-refractivity contribution in [3.63, 3.8) is 0 Å². The number of sulfonamides is 1. The Labute approximate surface area is 136 Å². The molecule has 0 radical (unpaired) electrons. The summed E-state index contributed by atoms with van der Waals surface area (Å²) in [7, 11) is -3.66. The smallest absolute Gasteiger partial charge is 0.243 e. The highest BCUT2D eigenvalue weighted by Crippen LogP contribution is 2.38. The van der Waals surface area contributed by atoms with Crippen molar-refractivity contribution in [3.05, 3.63) is 18.2 Å². The summed E-state index contributed by atoms with van der Waals surface area (Å²) >= 11 is 0. The predicted octanol–water partition coefficient (Wildman–Crippen LogP) is 3.11. The summed E-state index contributed by atoms with van der Waals surface area (Å²) in [6, 6.07) is 4.83. The molecule has 6 nitrogen and oxygen atoms in total. The number of fused-ring (bicyclic) bond motifs is 1. The normalized spacial score (nSPS) is 23.3. The number of nitrogens with zero attached hydrogens (tertiary/aromatic N) is 2. The lowest BCUT2D eigenvalue weighted by Crippen LogP contribution is -2.46. The van der Waals surface area contributed by atoms with Crippen LogP contribution in [0.25, 0.3) is 11.0 Å². The van der Waals surface area contributed by atoms with Crippen molar-refractivity contribution in [2.45, 2.75) is 57.4 Å². The van der Waals surface area contributed by atoms with Gasteiger partial charge in [0.2, 0.25) is 10.0 Å². The molecular weight excluding hydrogens is 314 g/mol. The van der Waals surface area contributed by atoms with Crippen molar-refractivity contribution in [2.75, 3.05) is 0 Å². The molecule has 7 heteroatoms. The molecular formula is C16H23N3O3S. The maximum absolute atomic E-state index is 12.9. The van der Waals surface area contributed by atoms with Crippen LogP contribution in [-0.2, 0) is 10.0 Å². The Morgan fingerprint density at radius 3 is 2.65 bits per heavy atom. The fraction of sp³-hybridized carbons (Fsp3) is 0.625. The molecule has 1 fully saturated rings. The van der Waals surface area contributed by atoms with E-state index in [1.165, 1.54) is 0 Å². The second kappa shape index (κ2) is 5.87. The summed E-state index contributed by atoms with van der Waals surface area (Å²) < 4.78 is 33.3. The van der Waals surface area contributed by atoms with Gasteiger partial charge in [0.15, 0.2) is 5.52 Å². The molecule has 1 aromatic carbocycles. The third-order valence-electron chi connectivity index (χ3n) is 4.72. The van der Waals surface area contributed by atoms with Gasteiger partial charge in [0.05, 0.1) is 0 Å². The van der Waals surface area contributed by atoms with E-state index in [0.717, 1.165) is 25.7 Å². The second-order valence-corrected chi connectivity index (χ2v) is 9.06. The van der Waals surface area contributed by atoms with Gasteiger partial charge in [-0.1, -0.05) is 39.7 Å². The highest BCUT2D eigenvalue weighted by atomic mass is 32.2. The van der Waals surface area contributed by atoms with Crippen LogP contribution in [0.5, 0.6) is 0 Å². The van der Waals surface area contributed by atoms with Crippen molar-refractivity contribution in [1.82, 2.24) is 15.0 Å².